The Kier molecular flexibility index (Phi) is 4.19. The highest BCUT2D eigenvalue weighted by Gasteiger charge is 2.25. The van der Waals surface area contributed by atoms with Crippen LogP contribution in [0.15, 0.2) is 18.2 Å². The van der Waals surface area contributed by atoms with Crippen molar-refractivity contribution in [1.82, 2.24) is 4.90 Å². The Labute approximate surface area is 116 Å². The lowest BCUT2D eigenvalue weighted by Crippen LogP contribution is -2.39. The zero-order chi connectivity index (χ0) is 14.7. The van der Waals surface area contributed by atoms with Crippen molar-refractivity contribution in [1.29, 1.82) is 0 Å². The van der Waals surface area contributed by atoms with Crippen LogP contribution in [0.5, 0.6) is 0 Å². The van der Waals surface area contributed by atoms with Crippen LogP contribution in [-0.4, -0.2) is 22.3 Å². The highest BCUT2D eigenvalue weighted by atomic mass is 16.6. The average molecular weight is 278 g/mol. The van der Waals surface area contributed by atoms with Crippen LogP contribution < -0.4 is 11.3 Å². The SMILES string of the molecule is CC1CCCN(Cc2ccc([N+](=O)[O-])c(NN)c2)C1=O. The van der Waals surface area contributed by atoms with E-state index in [2.05, 4.69) is 5.43 Å². The van der Waals surface area contributed by atoms with E-state index in [1.54, 1.807) is 17.0 Å². The first-order valence-electron chi connectivity index (χ1n) is 6.55. The van der Waals surface area contributed by atoms with Crippen molar-refractivity contribution < 1.29 is 9.72 Å². The van der Waals surface area contributed by atoms with Gasteiger partial charge in [-0.1, -0.05) is 13.0 Å². The molecule has 1 atom stereocenters. The lowest BCUT2D eigenvalue weighted by atomic mass is 9.98. The Balaban J connectivity index is 2.17. The fourth-order valence-corrected chi connectivity index (χ4v) is 2.47. The van der Waals surface area contributed by atoms with Crippen LogP contribution >= 0.6 is 0 Å². The number of nitrogen functional groups attached to an aromatic ring is 1. The molecule has 1 aromatic carbocycles. The molecule has 1 amide bonds. The number of nitrogens with zero attached hydrogens (tertiary/aromatic N) is 2. The summed E-state index contributed by atoms with van der Waals surface area (Å²) in [6, 6.07) is 4.68. The largest absolute Gasteiger partial charge is 0.338 e. The first kappa shape index (κ1) is 14.3. The van der Waals surface area contributed by atoms with Crippen molar-refractivity contribution in [2.24, 2.45) is 11.8 Å². The second kappa shape index (κ2) is 5.87. The summed E-state index contributed by atoms with van der Waals surface area (Å²) in [5, 5.41) is 10.8. The van der Waals surface area contributed by atoms with E-state index >= 15 is 0 Å². The summed E-state index contributed by atoms with van der Waals surface area (Å²) in [6.45, 7) is 3.11. The van der Waals surface area contributed by atoms with Crippen LogP contribution in [0.2, 0.25) is 0 Å². The van der Waals surface area contributed by atoms with Gasteiger partial charge in [0.2, 0.25) is 5.91 Å². The Morgan fingerprint density at radius 3 is 2.95 bits per heavy atom. The Hall–Kier alpha value is -2.15. The number of hydrogen-bond donors (Lipinski definition) is 2. The molecule has 1 heterocycles. The number of nitrogens with one attached hydrogen (secondary N) is 1. The molecule has 1 fully saturated rings. The Bertz CT molecular complexity index is 532. The smallest absolute Gasteiger partial charge is 0.293 e. The molecule has 0 saturated carbocycles. The van der Waals surface area contributed by atoms with E-state index in [9.17, 15) is 14.9 Å². The van der Waals surface area contributed by atoms with Gasteiger partial charge < -0.3 is 10.3 Å². The van der Waals surface area contributed by atoms with Crippen molar-refractivity contribution in [3.05, 3.63) is 33.9 Å². The molecule has 1 unspecified atom stereocenters. The van der Waals surface area contributed by atoms with Gasteiger partial charge in [0.05, 0.1) is 4.92 Å². The summed E-state index contributed by atoms with van der Waals surface area (Å²) in [7, 11) is 0. The van der Waals surface area contributed by atoms with Gasteiger partial charge in [0.1, 0.15) is 5.69 Å². The van der Waals surface area contributed by atoms with Crippen LogP contribution in [0.3, 0.4) is 0 Å². The second-order valence-electron chi connectivity index (χ2n) is 5.06. The number of carbonyl (C=O) groups excluding carboxylic acids is 1. The molecule has 1 aromatic rings. The van der Waals surface area contributed by atoms with Crippen LogP contribution in [0.25, 0.3) is 0 Å². The predicted octanol–water partition coefficient (Wildman–Crippen LogP) is 1.64. The molecule has 7 heteroatoms. The molecule has 0 aliphatic carbocycles. The third-order valence-electron chi connectivity index (χ3n) is 3.59. The number of likely N-dealkylation sites (tertiary alicyclic amines) is 1. The number of carbonyl (C=O) groups is 1. The van der Waals surface area contributed by atoms with Crippen LogP contribution in [0.1, 0.15) is 25.3 Å². The van der Waals surface area contributed by atoms with Crippen molar-refractivity contribution in [2.75, 3.05) is 12.0 Å². The summed E-state index contributed by atoms with van der Waals surface area (Å²) in [5.74, 6) is 5.49. The molecule has 3 N–H and O–H groups in total. The number of hydrazine groups is 1. The van der Waals surface area contributed by atoms with Gasteiger partial charge in [-0.3, -0.25) is 20.8 Å². The summed E-state index contributed by atoms with van der Waals surface area (Å²) in [6.07, 6.45) is 1.91. The van der Waals surface area contributed by atoms with Crippen LogP contribution in [0.4, 0.5) is 11.4 Å². The number of nitro benzene ring substituents is 1. The standard InChI is InChI=1S/C13H18N4O3/c1-9-3-2-6-16(13(9)18)8-10-4-5-12(17(19)20)11(7-10)15-14/h4-5,7,9,15H,2-3,6,8,14H2,1H3. The van der Waals surface area contributed by atoms with E-state index in [0.717, 1.165) is 24.9 Å². The lowest BCUT2D eigenvalue weighted by molar-refractivity contribution is -0.384. The number of nitrogens with two attached hydrogens (primary N) is 1. The second-order valence-corrected chi connectivity index (χ2v) is 5.06. The molecule has 7 nitrogen and oxygen atoms in total. The first-order valence-corrected chi connectivity index (χ1v) is 6.55. The van der Waals surface area contributed by atoms with Gasteiger partial charge in [0, 0.05) is 25.1 Å². The Morgan fingerprint density at radius 2 is 2.30 bits per heavy atom. The summed E-state index contributed by atoms with van der Waals surface area (Å²) in [4.78, 5) is 24.2. The maximum atomic E-state index is 12.0. The zero-order valence-electron chi connectivity index (χ0n) is 11.3. The molecule has 108 valence electrons. The molecule has 0 radical (unpaired) electrons. The van der Waals surface area contributed by atoms with Gasteiger partial charge in [-0.15, -0.1) is 0 Å². The normalized spacial score (nSPS) is 19.0. The number of amides is 1. The minimum absolute atomic E-state index is 0.0499. The monoisotopic (exact) mass is 278 g/mol. The molecular formula is C13H18N4O3. The lowest BCUT2D eigenvalue weighted by Gasteiger charge is -2.30. The quantitative estimate of drug-likeness (QED) is 0.495. The highest BCUT2D eigenvalue weighted by Crippen LogP contribution is 2.26. The molecule has 0 aromatic heterocycles. The first-order chi connectivity index (χ1) is 9.52. The summed E-state index contributed by atoms with van der Waals surface area (Å²) < 4.78 is 0. The fourth-order valence-electron chi connectivity index (χ4n) is 2.47. The molecule has 0 bridgehead atoms. The van der Waals surface area contributed by atoms with Gasteiger partial charge in [-0.25, -0.2) is 0 Å². The molecule has 1 aliphatic heterocycles. The molecule has 20 heavy (non-hydrogen) atoms. The minimum atomic E-state index is -0.493. The van der Waals surface area contributed by atoms with E-state index in [1.165, 1.54) is 6.07 Å². The third kappa shape index (κ3) is 2.88. The van der Waals surface area contributed by atoms with Gasteiger partial charge in [-0.05, 0) is 24.5 Å². The molecule has 1 aliphatic rings. The van der Waals surface area contributed by atoms with E-state index < -0.39 is 4.92 Å². The number of nitro groups is 1. The third-order valence-corrected chi connectivity index (χ3v) is 3.59. The topological polar surface area (TPSA) is 102 Å². The summed E-state index contributed by atoms with van der Waals surface area (Å²) in [5.41, 5.74) is 3.33. The van der Waals surface area contributed by atoms with Crippen molar-refractivity contribution in [3.8, 4) is 0 Å². The van der Waals surface area contributed by atoms with E-state index in [1.807, 2.05) is 6.92 Å². The average Bonchev–Trinajstić information content (AvgIpc) is 2.43. The van der Waals surface area contributed by atoms with E-state index in [0.29, 0.717) is 6.54 Å². The number of benzene rings is 1. The maximum absolute atomic E-state index is 12.0. The Morgan fingerprint density at radius 1 is 1.55 bits per heavy atom. The van der Waals surface area contributed by atoms with Gasteiger partial charge in [0.15, 0.2) is 0 Å². The number of piperidine rings is 1. The molecule has 0 spiro atoms. The van der Waals surface area contributed by atoms with Crippen molar-refractivity contribution in [2.45, 2.75) is 26.3 Å². The fraction of sp³-hybridized carbons (Fsp3) is 0.462. The molecular weight excluding hydrogens is 260 g/mol. The predicted molar refractivity (Wildman–Crippen MR) is 74.7 cm³/mol. The molecule has 1 saturated heterocycles. The van der Waals surface area contributed by atoms with Crippen LogP contribution in [0, 0.1) is 16.0 Å². The van der Waals surface area contributed by atoms with Gasteiger partial charge >= 0.3 is 0 Å². The zero-order valence-corrected chi connectivity index (χ0v) is 11.3. The van der Waals surface area contributed by atoms with Gasteiger partial charge in [-0.2, -0.15) is 0 Å². The van der Waals surface area contributed by atoms with E-state index in [-0.39, 0.29) is 23.2 Å². The number of anilines is 1. The number of hydrogen-bond acceptors (Lipinski definition) is 5. The van der Waals surface area contributed by atoms with Gasteiger partial charge in [0.25, 0.3) is 5.69 Å². The molecule has 2 rings (SSSR count). The van der Waals surface area contributed by atoms with E-state index in [4.69, 9.17) is 5.84 Å². The van der Waals surface area contributed by atoms with Crippen LogP contribution in [-0.2, 0) is 11.3 Å². The van der Waals surface area contributed by atoms with Crippen molar-refractivity contribution >= 4 is 17.3 Å². The number of rotatable bonds is 4. The van der Waals surface area contributed by atoms with Crippen molar-refractivity contribution in [3.63, 3.8) is 0 Å². The highest BCUT2D eigenvalue weighted by molar-refractivity contribution is 5.79. The maximum Gasteiger partial charge on any atom is 0.293 e. The minimum Gasteiger partial charge on any atom is -0.338 e. The summed E-state index contributed by atoms with van der Waals surface area (Å²) >= 11 is 0.